The summed E-state index contributed by atoms with van der Waals surface area (Å²) in [4.78, 5) is 10.9. The van der Waals surface area contributed by atoms with Gasteiger partial charge in [0.25, 0.3) is 0 Å². The van der Waals surface area contributed by atoms with Gasteiger partial charge in [-0.1, -0.05) is 0 Å². The van der Waals surface area contributed by atoms with Crippen LogP contribution in [0.5, 0.6) is 0 Å². The van der Waals surface area contributed by atoms with Gasteiger partial charge in [0.05, 0.1) is 0 Å². The monoisotopic (exact) mass is 219 g/mol. The Balaban J connectivity index is 1.71. The normalized spacial score (nSPS) is 29.2. The summed E-state index contributed by atoms with van der Waals surface area (Å²) in [5.74, 6) is 1.19. The van der Waals surface area contributed by atoms with Crippen LogP contribution in [0.15, 0.2) is 12.3 Å². The maximum absolute atomic E-state index is 5.64. The van der Waals surface area contributed by atoms with E-state index in [1.165, 1.54) is 32.4 Å². The summed E-state index contributed by atoms with van der Waals surface area (Å²) in [6.07, 6.45) is 5.50. The molecule has 16 heavy (non-hydrogen) atoms. The third-order valence-corrected chi connectivity index (χ3v) is 3.60. The Morgan fingerprint density at radius 2 is 2.31 bits per heavy atom. The number of rotatable bonds is 2. The Labute approximate surface area is 95.1 Å². The first-order valence-electron chi connectivity index (χ1n) is 5.92. The summed E-state index contributed by atoms with van der Waals surface area (Å²) in [5.41, 5.74) is 5.64. The minimum Gasteiger partial charge on any atom is -0.384 e. The molecule has 1 aromatic heterocycles. The number of nitrogens with one attached hydrogen (secondary N) is 1. The second-order valence-corrected chi connectivity index (χ2v) is 4.59. The van der Waals surface area contributed by atoms with Gasteiger partial charge in [-0.15, -0.1) is 0 Å². The predicted molar refractivity (Wildman–Crippen MR) is 63.1 cm³/mol. The molecule has 0 radical (unpaired) electrons. The molecule has 2 saturated heterocycles. The Morgan fingerprint density at radius 1 is 1.38 bits per heavy atom. The molecule has 5 nitrogen and oxygen atoms in total. The van der Waals surface area contributed by atoms with Gasteiger partial charge in [0.1, 0.15) is 5.82 Å². The molecular weight excluding hydrogens is 202 g/mol. The molecule has 1 aromatic rings. The quantitative estimate of drug-likeness (QED) is 0.766. The molecule has 0 saturated carbocycles. The Bertz CT molecular complexity index is 380. The molecule has 0 aromatic carbocycles. The highest BCUT2D eigenvalue weighted by Gasteiger charge is 2.37. The van der Waals surface area contributed by atoms with Crippen LogP contribution in [0.1, 0.15) is 19.3 Å². The number of aromatic nitrogens is 2. The van der Waals surface area contributed by atoms with Crippen LogP contribution in [0.2, 0.25) is 0 Å². The van der Waals surface area contributed by atoms with E-state index in [1.54, 1.807) is 12.3 Å². The highest BCUT2D eigenvalue weighted by Crippen LogP contribution is 2.29. The van der Waals surface area contributed by atoms with E-state index in [1.807, 2.05) is 0 Å². The van der Waals surface area contributed by atoms with Crippen molar-refractivity contribution in [2.75, 3.05) is 24.1 Å². The summed E-state index contributed by atoms with van der Waals surface area (Å²) in [7, 11) is 0. The van der Waals surface area contributed by atoms with Gasteiger partial charge in [-0.3, -0.25) is 4.90 Å². The summed E-state index contributed by atoms with van der Waals surface area (Å²) < 4.78 is 0. The van der Waals surface area contributed by atoms with Crippen LogP contribution in [0.3, 0.4) is 0 Å². The van der Waals surface area contributed by atoms with Gasteiger partial charge in [-0.05, 0) is 31.9 Å². The van der Waals surface area contributed by atoms with Gasteiger partial charge in [-0.2, -0.15) is 4.98 Å². The Kier molecular flexibility index (Phi) is 2.40. The zero-order chi connectivity index (χ0) is 11.0. The molecule has 2 aliphatic rings. The van der Waals surface area contributed by atoms with E-state index >= 15 is 0 Å². The van der Waals surface area contributed by atoms with Gasteiger partial charge < -0.3 is 11.1 Å². The fraction of sp³-hybridized carbons (Fsp3) is 0.636. The summed E-state index contributed by atoms with van der Waals surface area (Å²) >= 11 is 0. The number of hydrogen-bond donors (Lipinski definition) is 2. The van der Waals surface area contributed by atoms with Gasteiger partial charge >= 0.3 is 0 Å². The first-order valence-corrected chi connectivity index (χ1v) is 5.92. The fourth-order valence-electron chi connectivity index (χ4n) is 2.86. The van der Waals surface area contributed by atoms with Crippen molar-refractivity contribution in [3.8, 4) is 0 Å². The molecule has 0 amide bonds. The lowest BCUT2D eigenvalue weighted by Gasteiger charge is -2.21. The van der Waals surface area contributed by atoms with Crippen LogP contribution in [0, 0.1) is 0 Å². The third-order valence-electron chi connectivity index (χ3n) is 3.60. The van der Waals surface area contributed by atoms with E-state index in [4.69, 9.17) is 5.73 Å². The van der Waals surface area contributed by atoms with E-state index < -0.39 is 0 Å². The molecule has 0 aliphatic carbocycles. The molecule has 3 heterocycles. The molecule has 0 bridgehead atoms. The minimum absolute atomic E-state index is 0.490. The first kappa shape index (κ1) is 9.84. The Morgan fingerprint density at radius 3 is 3.19 bits per heavy atom. The molecule has 2 atom stereocenters. The molecule has 0 spiro atoms. The number of fused-ring (bicyclic) bond motifs is 1. The maximum Gasteiger partial charge on any atom is 0.224 e. The number of anilines is 2. The van der Waals surface area contributed by atoms with Crippen molar-refractivity contribution >= 4 is 11.8 Å². The number of nitrogens with two attached hydrogens (primary N) is 1. The lowest BCUT2D eigenvalue weighted by molar-refractivity contribution is 0.318. The summed E-state index contributed by atoms with van der Waals surface area (Å²) in [6.45, 7) is 2.45. The van der Waals surface area contributed by atoms with Crippen LogP contribution in [-0.4, -0.2) is 40.0 Å². The van der Waals surface area contributed by atoms with Crippen molar-refractivity contribution in [3.63, 3.8) is 0 Å². The van der Waals surface area contributed by atoms with Crippen LogP contribution in [0.4, 0.5) is 11.8 Å². The van der Waals surface area contributed by atoms with Gasteiger partial charge in [-0.25, -0.2) is 4.98 Å². The second-order valence-electron chi connectivity index (χ2n) is 4.59. The molecule has 2 unspecified atom stereocenters. The van der Waals surface area contributed by atoms with E-state index in [9.17, 15) is 0 Å². The average molecular weight is 219 g/mol. The molecule has 5 heteroatoms. The average Bonchev–Trinajstić information content (AvgIpc) is 2.83. The predicted octanol–water partition coefficient (Wildman–Crippen LogP) is 0.707. The SMILES string of the molecule is Nc1ccnc(NC2CCN3CCCC23)n1. The van der Waals surface area contributed by atoms with Crippen molar-refractivity contribution in [1.29, 1.82) is 0 Å². The van der Waals surface area contributed by atoms with Gasteiger partial charge in [0.2, 0.25) is 5.95 Å². The van der Waals surface area contributed by atoms with Crippen molar-refractivity contribution in [3.05, 3.63) is 12.3 Å². The fourth-order valence-corrected chi connectivity index (χ4v) is 2.86. The lowest BCUT2D eigenvalue weighted by atomic mass is 10.1. The summed E-state index contributed by atoms with van der Waals surface area (Å²) in [5, 5.41) is 3.41. The highest BCUT2D eigenvalue weighted by atomic mass is 15.3. The number of hydrogen-bond acceptors (Lipinski definition) is 5. The first-order chi connectivity index (χ1) is 7.83. The lowest BCUT2D eigenvalue weighted by Crippen LogP contribution is -2.34. The van der Waals surface area contributed by atoms with Crippen LogP contribution in [-0.2, 0) is 0 Å². The largest absolute Gasteiger partial charge is 0.384 e. The molecular formula is C11H17N5. The number of nitrogen functional groups attached to an aromatic ring is 1. The smallest absolute Gasteiger partial charge is 0.224 e. The highest BCUT2D eigenvalue weighted by molar-refractivity contribution is 5.36. The van der Waals surface area contributed by atoms with Crippen molar-refractivity contribution in [2.24, 2.45) is 0 Å². The minimum atomic E-state index is 0.490. The standard InChI is InChI=1S/C11H17N5/c12-10-3-5-13-11(15-10)14-8-4-7-16-6-1-2-9(8)16/h3,5,8-9H,1-2,4,6-7H2,(H3,12,13,14,15). The molecule has 2 aliphatic heterocycles. The Hall–Kier alpha value is -1.36. The van der Waals surface area contributed by atoms with Crippen LogP contribution in [0.25, 0.3) is 0 Å². The zero-order valence-electron chi connectivity index (χ0n) is 9.26. The van der Waals surface area contributed by atoms with E-state index in [2.05, 4.69) is 20.2 Å². The topological polar surface area (TPSA) is 67.1 Å². The van der Waals surface area contributed by atoms with Gasteiger partial charge in [0.15, 0.2) is 0 Å². The van der Waals surface area contributed by atoms with E-state index in [-0.39, 0.29) is 0 Å². The van der Waals surface area contributed by atoms with E-state index in [0.717, 1.165) is 0 Å². The van der Waals surface area contributed by atoms with Crippen LogP contribution < -0.4 is 11.1 Å². The second kappa shape index (κ2) is 3.90. The maximum atomic E-state index is 5.64. The zero-order valence-corrected chi connectivity index (χ0v) is 9.26. The van der Waals surface area contributed by atoms with Crippen molar-refractivity contribution < 1.29 is 0 Å². The van der Waals surface area contributed by atoms with Crippen LogP contribution >= 0.6 is 0 Å². The van der Waals surface area contributed by atoms with Crippen molar-refractivity contribution in [2.45, 2.75) is 31.3 Å². The molecule has 3 rings (SSSR count). The third kappa shape index (κ3) is 1.71. The molecule has 86 valence electrons. The van der Waals surface area contributed by atoms with Crippen molar-refractivity contribution in [1.82, 2.24) is 14.9 Å². The van der Waals surface area contributed by atoms with Gasteiger partial charge in [0, 0.05) is 24.8 Å². The molecule has 3 N–H and O–H groups in total. The summed E-state index contributed by atoms with van der Waals surface area (Å²) in [6, 6.07) is 2.87. The molecule has 2 fully saturated rings. The number of nitrogens with zero attached hydrogens (tertiary/aromatic N) is 3. The van der Waals surface area contributed by atoms with E-state index in [0.29, 0.717) is 23.8 Å².